The molecule has 1 atom stereocenters. The maximum atomic E-state index is 10.3. The van der Waals surface area contributed by atoms with Crippen LogP contribution >= 0.6 is 0 Å². The Morgan fingerprint density at radius 3 is 2.60 bits per heavy atom. The molecule has 0 saturated carbocycles. The third-order valence-electron chi connectivity index (χ3n) is 1.96. The standard InChI is InChI=1S/C11H15NO3/c13-10(6-11(14)15)8-12-7-9-4-2-1-3-5-9/h1-5,10,12-13H,6-8H2,(H,14,15). The minimum atomic E-state index is -0.982. The van der Waals surface area contributed by atoms with Crippen molar-refractivity contribution in [3.8, 4) is 0 Å². The molecule has 0 heterocycles. The molecule has 1 rings (SSSR count). The molecular formula is C11H15NO3. The van der Waals surface area contributed by atoms with E-state index < -0.39 is 12.1 Å². The summed E-state index contributed by atoms with van der Waals surface area (Å²) in [4.78, 5) is 10.3. The fourth-order valence-corrected chi connectivity index (χ4v) is 1.25. The van der Waals surface area contributed by atoms with E-state index in [-0.39, 0.29) is 6.42 Å². The van der Waals surface area contributed by atoms with Gasteiger partial charge in [0, 0.05) is 13.1 Å². The Bertz CT molecular complexity index is 300. The van der Waals surface area contributed by atoms with Crippen molar-refractivity contribution >= 4 is 5.97 Å². The van der Waals surface area contributed by atoms with Crippen LogP contribution in [0.3, 0.4) is 0 Å². The summed E-state index contributed by atoms with van der Waals surface area (Å²) in [6.45, 7) is 0.929. The minimum absolute atomic E-state index is 0.220. The van der Waals surface area contributed by atoms with Crippen LogP contribution in [0.1, 0.15) is 12.0 Å². The molecular weight excluding hydrogens is 194 g/mol. The van der Waals surface area contributed by atoms with E-state index in [1.165, 1.54) is 0 Å². The van der Waals surface area contributed by atoms with E-state index in [9.17, 15) is 9.90 Å². The minimum Gasteiger partial charge on any atom is -0.481 e. The van der Waals surface area contributed by atoms with E-state index in [4.69, 9.17) is 5.11 Å². The van der Waals surface area contributed by atoms with E-state index in [1.807, 2.05) is 30.3 Å². The van der Waals surface area contributed by atoms with Crippen LogP contribution in [0.5, 0.6) is 0 Å². The van der Waals surface area contributed by atoms with Crippen molar-refractivity contribution in [2.45, 2.75) is 19.1 Å². The van der Waals surface area contributed by atoms with Gasteiger partial charge in [0.25, 0.3) is 0 Å². The first-order valence-corrected chi connectivity index (χ1v) is 4.83. The average molecular weight is 209 g/mol. The van der Waals surface area contributed by atoms with Crippen LogP contribution in [0.4, 0.5) is 0 Å². The quantitative estimate of drug-likeness (QED) is 0.642. The molecule has 0 aliphatic heterocycles. The second kappa shape index (κ2) is 6.16. The Labute approximate surface area is 88.6 Å². The van der Waals surface area contributed by atoms with E-state index in [2.05, 4.69) is 5.32 Å². The highest BCUT2D eigenvalue weighted by Crippen LogP contribution is 1.97. The summed E-state index contributed by atoms with van der Waals surface area (Å²) in [5.74, 6) is -0.982. The van der Waals surface area contributed by atoms with Gasteiger partial charge in [-0.25, -0.2) is 0 Å². The Balaban J connectivity index is 2.19. The Kier molecular flexibility index (Phi) is 4.80. The van der Waals surface area contributed by atoms with E-state index >= 15 is 0 Å². The second-order valence-electron chi connectivity index (χ2n) is 3.37. The second-order valence-corrected chi connectivity index (χ2v) is 3.37. The van der Waals surface area contributed by atoms with Gasteiger partial charge in [0.1, 0.15) is 0 Å². The molecule has 0 aliphatic rings. The monoisotopic (exact) mass is 209 g/mol. The third kappa shape index (κ3) is 5.15. The van der Waals surface area contributed by atoms with Crippen LogP contribution in [-0.4, -0.2) is 28.8 Å². The molecule has 15 heavy (non-hydrogen) atoms. The SMILES string of the molecule is O=C(O)CC(O)CNCc1ccccc1. The van der Waals surface area contributed by atoms with Crippen molar-refractivity contribution in [3.05, 3.63) is 35.9 Å². The number of rotatable bonds is 6. The lowest BCUT2D eigenvalue weighted by Gasteiger charge is -2.09. The molecule has 0 amide bonds. The number of carboxylic acid groups (broad SMARTS) is 1. The maximum absolute atomic E-state index is 10.3. The lowest BCUT2D eigenvalue weighted by atomic mass is 10.2. The van der Waals surface area contributed by atoms with Gasteiger partial charge >= 0.3 is 5.97 Å². The van der Waals surface area contributed by atoms with Crippen LogP contribution in [0.15, 0.2) is 30.3 Å². The molecule has 0 aromatic heterocycles. The molecule has 1 aromatic carbocycles. The van der Waals surface area contributed by atoms with E-state index in [1.54, 1.807) is 0 Å². The lowest BCUT2D eigenvalue weighted by molar-refractivity contribution is -0.139. The van der Waals surface area contributed by atoms with Crippen LogP contribution in [0, 0.1) is 0 Å². The summed E-state index contributed by atoms with van der Waals surface area (Å²) < 4.78 is 0. The smallest absolute Gasteiger partial charge is 0.306 e. The first kappa shape index (κ1) is 11.7. The molecule has 0 aliphatic carbocycles. The zero-order chi connectivity index (χ0) is 11.1. The van der Waals surface area contributed by atoms with Crippen LogP contribution in [0.25, 0.3) is 0 Å². The van der Waals surface area contributed by atoms with Gasteiger partial charge in [-0.3, -0.25) is 4.79 Å². The fraction of sp³-hybridized carbons (Fsp3) is 0.364. The van der Waals surface area contributed by atoms with Gasteiger partial charge in [-0.05, 0) is 5.56 Å². The van der Waals surface area contributed by atoms with Gasteiger partial charge in [0.05, 0.1) is 12.5 Å². The molecule has 0 radical (unpaired) electrons. The zero-order valence-electron chi connectivity index (χ0n) is 8.39. The number of aliphatic carboxylic acids is 1. The summed E-state index contributed by atoms with van der Waals surface area (Å²) in [6.07, 6.45) is -1.05. The number of aliphatic hydroxyl groups excluding tert-OH is 1. The lowest BCUT2D eigenvalue weighted by Crippen LogP contribution is -2.28. The van der Waals surface area contributed by atoms with Crippen LogP contribution < -0.4 is 5.32 Å². The predicted octanol–water partition coefficient (Wildman–Crippen LogP) is 0.612. The largest absolute Gasteiger partial charge is 0.481 e. The van der Waals surface area contributed by atoms with Gasteiger partial charge < -0.3 is 15.5 Å². The van der Waals surface area contributed by atoms with Gasteiger partial charge in [-0.1, -0.05) is 30.3 Å². The summed E-state index contributed by atoms with van der Waals surface area (Å²) in [5, 5.41) is 20.7. The number of carbonyl (C=O) groups is 1. The van der Waals surface area contributed by atoms with Crippen molar-refractivity contribution < 1.29 is 15.0 Å². The summed E-state index contributed by atoms with van der Waals surface area (Å²) in [7, 11) is 0. The highest BCUT2D eigenvalue weighted by atomic mass is 16.4. The summed E-state index contributed by atoms with van der Waals surface area (Å²) in [6, 6.07) is 9.74. The van der Waals surface area contributed by atoms with Crippen molar-refractivity contribution in [3.63, 3.8) is 0 Å². The number of nitrogens with one attached hydrogen (secondary N) is 1. The number of hydrogen-bond acceptors (Lipinski definition) is 3. The van der Waals surface area contributed by atoms with Gasteiger partial charge in [-0.15, -0.1) is 0 Å². The zero-order valence-corrected chi connectivity index (χ0v) is 8.39. The topological polar surface area (TPSA) is 69.6 Å². The van der Waals surface area contributed by atoms with Crippen LogP contribution in [-0.2, 0) is 11.3 Å². The molecule has 3 N–H and O–H groups in total. The Morgan fingerprint density at radius 2 is 2.00 bits per heavy atom. The first-order valence-electron chi connectivity index (χ1n) is 4.83. The maximum Gasteiger partial charge on any atom is 0.306 e. The van der Waals surface area contributed by atoms with E-state index in [0.29, 0.717) is 13.1 Å². The number of aliphatic hydroxyl groups is 1. The number of benzene rings is 1. The van der Waals surface area contributed by atoms with Gasteiger partial charge in [0.15, 0.2) is 0 Å². The molecule has 0 saturated heterocycles. The van der Waals surface area contributed by atoms with Crippen molar-refractivity contribution in [2.75, 3.05) is 6.54 Å². The summed E-state index contributed by atoms with van der Waals surface area (Å²) >= 11 is 0. The highest BCUT2D eigenvalue weighted by Gasteiger charge is 2.08. The van der Waals surface area contributed by atoms with Crippen LogP contribution in [0.2, 0.25) is 0 Å². The first-order chi connectivity index (χ1) is 7.18. The molecule has 0 spiro atoms. The normalized spacial score (nSPS) is 12.3. The van der Waals surface area contributed by atoms with Crippen molar-refractivity contribution in [2.24, 2.45) is 0 Å². The highest BCUT2D eigenvalue weighted by molar-refractivity contribution is 5.67. The summed E-state index contributed by atoms with van der Waals surface area (Å²) in [5.41, 5.74) is 1.11. The Hall–Kier alpha value is -1.39. The molecule has 1 unspecified atom stereocenters. The fourth-order valence-electron chi connectivity index (χ4n) is 1.25. The molecule has 4 heteroatoms. The van der Waals surface area contributed by atoms with Crippen molar-refractivity contribution in [1.29, 1.82) is 0 Å². The van der Waals surface area contributed by atoms with E-state index in [0.717, 1.165) is 5.56 Å². The number of carboxylic acids is 1. The predicted molar refractivity (Wildman–Crippen MR) is 56.4 cm³/mol. The Morgan fingerprint density at radius 1 is 1.33 bits per heavy atom. The van der Waals surface area contributed by atoms with Crippen molar-refractivity contribution in [1.82, 2.24) is 5.32 Å². The molecule has 4 nitrogen and oxygen atoms in total. The third-order valence-corrected chi connectivity index (χ3v) is 1.96. The molecule has 0 fully saturated rings. The average Bonchev–Trinajstić information content (AvgIpc) is 2.18. The molecule has 82 valence electrons. The molecule has 0 bridgehead atoms. The van der Waals surface area contributed by atoms with Gasteiger partial charge in [-0.2, -0.15) is 0 Å². The number of hydrogen-bond donors (Lipinski definition) is 3. The van der Waals surface area contributed by atoms with Gasteiger partial charge in [0.2, 0.25) is 0 Å². The molecule has 1 aromatic rings.